The average molecular weight is 338 g/mol. The number of nitrogens with zero attached hydrogens (tertiary/aromatic N) is 5. The Balaban J connectivity index is 1.31. The predicted octanol–water partition coefficient (Wildman–Crippen LogP) is 1.13. The fourth-order valence-corrected chi connectivity index (χ4v) is 2.97. The molecule has 3 aromatic rings. The first-order valence-electron chi connectivity index (χ1n) is 8.28. The van der Waals surface area contributed by atoms with Crippen LogP contribution in [0.2, 0.25) is 0 Å². The third-order valence-electron chi connectivity index (χ3n) is 4.31. The van der Waals surface area contributed by atoms with Crippen LogP contribution in [0.1, 0.15) is 29.5 Å². The molecule has 1 amide bonds. The Bertz CT molecular complexity index is 857. The van der Waals surface area contributed by atoms with Crippen molar-refractivity contribution in [2.24, 2.45) is 5.92 Å². The van der Waals surface area contributed by atoms with Crippen LogP contribution in [0, 0.1) is 5.92 Å². The van der Waals surface area contributed by atoms with E-state index in [1.165, 1.54) is 6.33 Å². The van der Waals surface area contributed by atoms with Crippen molar-refractivity contribution in [3.8, 4) is 0 Å². The molecule has 8 nitrogen and oxygen atoms in total. The normalized spacial score (nSPS) is 16.4. The second kappa shape index (κ2) is 6.84. The quantitative estimate of drug-likeness (QED) is 0.749. The standard InChI is InChI=1S/C17H18N6O2/c24-17(13-6-7-15-19-11-20-23(15)10-13)18-9-16-21-14(22-25-16)8-12-4-2-1-3-5-12/h1-5,11,13H,6-10H2,(H,18,24). The fraction of sp³-hybridized carbons (Fsp3) is 0.353. The van der Waals surface area contributed by atoms with E-state index in [1.54, 1.807) is 4.68 Å². The molecule has 3 heterocycles. The molecule has 0 aliphatic carbocycles. The fourth-order valence-electron chi connectivity index (χ4n) is 2.97. The van der Waals surface area contributed by atoms with Gasteiger partial charge in [0.1, 0.15) is 12.2 Å². The van der Waals surface area contributed by atoms with Crippen LogP contribution in [0.3, 0.4) is 0 Å². The first-order valence-corrected chi connectivity index (χ1v) is 8.28. The van der Waals surface area contributed by atoms with Crippen LogP contribution in [0.4, 0.5) is 0 Å². The smallest absolute Gasteiger partial charge is 0.246 e. The van der Waals surface area contributed by atoms with E-state index in [1.807, 2.05) is 30.3 Å². The van der Waals surface area contributed by atoms with Crippen molar-refractivity contribution >= 4 is 5.91 Å². The molecule has 1 aliphatic heterocycles. The SMILES string of the molecule is O=C(NCc1nc(Cc2ccccc2)no1)C1CCc2ncnn2C1. The van der Waals surface area contributed by atoms with Crippen molar-refractivity contribution in [2.45, 2.75) is 32.4 Å². The molecule has 1 aliphatic rings. The number of rotatable bonds is 5. The molecule has 0 fully saturated rings. The molecule has 8 heteroatoms. The second-order valence-electron chi connectivity index (χ2n) is 6.08. The number of fused-ring (bicyclic) bond motifs is 1. The minimum atomic E-state index is -0.110. The molecule has 1 unspecified atom stereocenters. The summed E-state index contributed by atoms with van der Waals surface area (Å²) in [5.74, 6) is 1.83. The Morgan fingerprint density at radius 2 is 2.20 bits per heavy atom. The first kappa shape index (κ1) is 15.5. The molecule has 128 valence electrons. The van der Waals surface area contributed by atoms with Crippen molar-refractivity contribution in [3.63, 3.8) is 0 Å². The largest absolute Gasteiger partial charge is 0.347 e. The van der Waals surface area contributed by atoms with E-state index in [0.717, 1.165) is 24.2 Å². The lowest BCUT2D eigenvalue weighted by Gasteiger charge is -2.21. The Hall–Kier alpha value is -3.03. The van der Waals surface area contributed by atoms with E-state index >= 15 is 0 Å². The summed E-state index contributed by atoms with van der Waals surface area (Å²) in [7, 11) is 0. The molecule has 4 rings (SSSR count). The molecule has 0 spiro atoms. The number of nitrogens with one attached hydrogen (secondary N) is 1. The van der Waals surface area contributed by atoms with Gasteiger partial charge in [-0.15, -0.1) is 0 Å². The highest BCUT2D eigenvalue weighted by molar-refractivity contribution is 5.78. The predicted molar refractivity (Wildman–Crippen MR) is 87.2 cm³/mol. The average Bonchev–Trinajstić information content (AvgIpc) is 3.29. The molecule has 1 atom stereocenters. The van der Waals surface area contributed by atoms with Crippen molar-refractivity contribution < 1.29 is 9.32 Å². The summed E-state index contributed by atoms with van der Waals surface area (Å²) in [6, 6.07) is 9.94. The van der Waals surface area contributed by atoms with E-state index in [4.69, 9.17) is 4.52 Å². The number of benzene rings is 1. The molecule has 0 bridgehead atoms. The first-order chi connectivity index (χ1) is 12.3. The summed E-state index contributed by atoms with van der Waals surface area (Å²) in [4.78, 5) is 20.8. The van der Waals surface area contributed by atoms with Crippen LogP contribution in [0.15, 0.2) is 41.2 Å². The Morgan fingerprint density at radius 1 is 1.32 bits per heavy atom. The number of hydrogen-bond donors (Lipinski definition) is 1. The van der Waals surface area contributed by atoms with Crippen LogP contribution < -0.4 is 5.32 Å². The molecule has 2 aromatic heterocycles. The van der Waals surface area contributed by atoms with Gasteiger partial charge in [-0.3, -0.25) is 4.79 Å². The number of aromatic nitrogens is 5. The van der Waals surface area contributed by atoms with E-state index in [-0.39, 0.29) is 18.4 Å². The Morgan fingerprint density at radius 3 is 3.08 bits per heavy atom. The molecule has 0 radical (unpaired) electrons. The van der Waals surface area contributed by atoms with Gasteiger partial charge >= 0.3 is 0 Å². The van der Waals surface area contributed by atoms with Gasteiger partial charge in [-0.2, -0.15) is 10.1 Å². The molecule has 25 heavy (non-hydrogen) atoms. The van der Waals surface area contributed by atoms with Gasteiger partial charge in [0, 0.05) is 12.8 Å². The van der Waals surface area contributed by atoms with Gasteiger partial charge in [-0.25, -0.2) is 9.67 Å². The number of hydrogen-bond acceptors (Lipinski definition) is 6. The van der Waals surface area contributed by atoms with E-state index < -0.39 is 0 Å². The zero-order valence-corrected chi connectivity index (χ0v) is 13.6. The van der Waals surface area contributed by atoms with Crippen LogP contribution >= 0.6 is 0 Å². The van der Waals surface area contributed by atoms with E-state index in [9.17, 15) is 4.79 Å². The summed E-state index contributed by atoms with van der Waals surface area (Å²) >= 11 is 0. The monoisotopic (exact) mass is 338 g/mol. The van der Waals surface area contributed by atoms with Gasteiger partial charge < -0.3 is 9.84 Å². The lowest BCUT2D eigenvalue weighted by molar-refractivity contribution is -0.126. The van der Waals surface area contributed by atoms with Gasteiger partial charge in [0.15, 0.2) is 5.82 Å². The van der Waals surface area contributed by atoms with Gasteiger partial charge in [0.05, 0.1) is 19.0 Å². The van der Waals surface area contributed by atoms with Gasteiger partial charge in [0.2, 0.25) is 11.8 Å². The highest BCUT2D eigenvalue weighted by Crippen LogP contribution is 2.17. The minimum Gasteiger partial charge on any atom is -0.347 e. The highest BCUT2D eigenvalue weighted by atomic mass is 16.5. The van der Waals surface area contributed by atoms with Gasteiger partial charge in [-0.1, -0.05) is 35.5 Å². The number of aryl methyl sites for hydroxylation is 1. The molecule has 0 saturated heterocycles. The summed E-state index contributed by atoms with van der Waals surface area (Å²) in [5, 5.41) is 11.0. The van der Waals surface area contributed by atoms with Crippen LogP contribution in [0.5, 0.6) is 0 Å². The molecule has 1 N–H and O–H groups in total. The molecular formula is C17H18N6O2. The zero-order valence-electron chi connectivity index (χ0n) is 13.6. The van der Waals surface area contributed by atoms with Crippen LogP contribution in [0.25, 0.3) is 0 Å². The van der Waals surface area contributed by atoms with E-state index in [2.05, 4.69) is 25.5 Å². The Kier molecular flexibility index (Phi) is 4.24. The van der Waals surface area contributed by atoms with Crippen LogP contribution in [-0.4, -0.2) is 30.8 Å². The highest BCUT2D eigenvalue weighted by Gasteiger charge is 2.25. The lowest BCUT2D eigenvalue weighted by Crippen LogP contribution is -2.36. The van der Waals surface area contributed by atoms with E-state index in [0.29, 0.717) is 24.7 Å². The lowest BCUT2D eigenvalue weighted by atomic mass is 9.99. The second-order valence-corrected chi connectivity index (χ2v) is 6.08. The Labute approximate surface area is 144 Å². The molecule has 1 aromatic carbocycles. The third kappa shape index (κ3) is 3.57. The molecular weight excluding hydrogens is 320 g/mol. The maximum absolute atomic E-state index is 12.3. The maximum atomic E-state index is 12.3. The maximum Gasteiger partial charge on any atom is 0.246 e. The van der Waals surface area contributed by atoms with Crippen LogP contribution in [-0.2, 0) is 30.7 Å². The van der Waals surface area contributed by atoms with Gasteiger partial charge in [0.25, 0.3) is 0 Å². The third-order valence-corrected chi connectivity index (χ3v) is 4.31. The van der Waals surface area contributed by atoms with Crippen molar-refractivity contribution in [2.75, 3.05) is 0 Å². The summed E-state index contributed by atoms with van der Waals surface area (Å²) < 4.78 is 7.01. The van der Waals surface area contributed by atoms with Gasteiger partial charge in [-0.05, 0) is 12.0 Å². The summed E-state index contributed by atoms with van der Waals surface area (Å²) in [5.41, 5.74) is 1.12. The van der Waals surface area contributed by atoms with Crippen molar-refractivity contribution in [3.05, 3.63) is 59.8 Å². The van der Waals surface area contributed by atoms with Crippen molar-refractivity contribution in [1.82, 2.24) is 30.2 Å². The topological polar surface area (TPSA) is 98.7 Å². The zero-order chi connectivity index (χ0) is 17.1. The summed E-state index contributed by atoms with van der Waals surface area (Å²) in [6.45, 7) is 0.797. The number of carbonyl (C=O) groups is 1. The minimum absolute atomic E-state index is 0.0241. The summed E-state index contributed by atoms with van der Waals surface area (Å²) in [6.07, 6.45) is 3.67. The number of amides is 1. The van der Waals surface area contributed by atoms with Crippen molar-refractivity contribution in [1.29, 1.82) is 0 Å². The number of carbonyl (C=O) groups excluding carboxylic acids is 1. The molecule has 0 saturated carbocycles.